The normalized spacial score (nSPS) is 17.9. The topological polar surface area (TPSA) is 163 Å². The number of hydrogen-bond donors (Lipinski definition) is 3. The predicted molar refractivity (Wildman–Crippen MR) is 112 cm³/mol. The molecule has 0 aliphatic carbocycles. The van der Waals surface area contributed by atoms with Crippen molar-refractivity contribution >= 4 is 18.9 Å². The number of rotatable bonds is 7. The van der Waals surface area contributed by atoms with E-state index >= 15 is 0 Å². The number of carboxylic acid groups (broad SMARTS) is 3. The molecule has 12 heteroatoms. The fourth-order valence-electron chi connectivity index (χ4n) is 3.71. The summed E-state index contributed by atoms with van der Waals surface area (Å²) in [6, 6.07) is 0. The van der Waals surface area contributed by atoms with Crippen LogP contribution >= 0.6 is 0 Å². The van der Waals surface area contributed by atoms with Gasteiger partial charge in [-0.2, -0.15) is 0 Å². The maximum Gasteiger partial charge on any atom is 0.304 e. The van der Waals surface area contributed by atoms with E-state index in [1.807, 2.05) is 12.4 Å². The molecule has 0 radical (unpaired) electrons. The van der Waals surface area contributed by atoms with E-state index in [0.717, 1.165) is 51.1 Å². The van der Waals surface area contributed by atoms with Crippen molar-refractivity contribution in [2.75, 3.05) is 46.4 Å². The molecule has 0 amide bonds. The van der Waals surface area contributed by atoms with E-state index < -0.39 is 5.97 Å². The number of ether oxygens (including phenoxy) is 2. The zero-order valence-corrected chi connectivity index (χ0v) is 18.3. The molecule has 0 unspecified atom stereocenters. The third-order valence-corrected chi connectivity index (χ3v) is 5.18. The van der Waals surface area contributed by atoms with Gasteiger partial charge in [-0.1, -0.05) is 0 Å². The fraction of sp³-hybridized carbons (Fsp3) is 0.650. The van der Waals surface area contributed by atoms with Crippen LogP contribution in [0.15, 0.2) is 12.4 Å². The standard InChI is InChI=1S/C18H28N4O4.2CH2O2/c1-25-13-16-19-10-15(11-20-16)12-21-6-3-18(4-7-21)14-22(8-9-26-18)5-2-17(23)24;2*2-1-3/h10-11H,2-9,12-14H2,1H3,(H,23,24);2*1H,(H,2,3). The molecule has 2 saturated heterocycles. The summed E-state index contributed by atoms with van der Waals surface area (Å²) in [5.74, 6) is -0.0370. The van der Waals surface area contributed by atoms with E-state index in [-0.39, 0.29) is 25.0 Å². The highest BCUT2D eigenvalue weighted by Gasteiger charge is 2.39. The number of carbonyl (C=O) groups is 3. The Hall–Kier alpha value is -2.67. The zero-order chi connectivity index (χ0) is 23.8. The number of methoxy groups -OCH3 is 1. The van der Waals surface area contributed by atoms with Gasteiger partial charge in [-0.05, 0) is 12.8 Å². The molecule has 1 aromatic heterocycles. The Balaban J connectivity index is 0.000000769. The van der Waals surface area contributed by atoms with Gasteiger partial charge in [0.05, 0.1) is 18.6 Å². The first-order valence-electron chi connectivity index (χ1n) is 10.2. The first-order valence-corrected chi connectivity index (χ1v) is 10.2. The molecule has 2 aliphatic heterocycles. The maximum atomic E-state index is 10.8. The average molecular weight is 456 g/mol. The van der Waals surface area contributed by atoms with E-state index in [1.165, 1.54) is 0 Å². The van der Waals surface area contributed by atoms with Crippen molar-refractivity contribution in [1.29, 1.82) is 0 Å². The lowest BCUT2D eigenvalue weighted by atomic mass is 9.89. The molecule has 2 aliphatic rings. The molecule has 180 valence electrons. The third kappa shape index (κ3) is 10.1. The second kappa shape index (κ2) is 15.2. The average Bonchev–Trinajstić information content (AvgIpc) is 2.77. The number of hydrogen-bond acceptors (Lipinski definition) is 9. The van der Waals surface area contributed by atoms with E-state index in [2.05, 4.69) is 19.8 Å². The number of carboxylic acids is 1. The van der Waals surface area contributed by atoms with Crippen molar-refractivity contribution in [3.63, 3.8) is 0 Å². The van der Waals surface area contributed by atoms with Crippen LogP contribution in [0.5, 0.6) is 0 Å². The summed E-state index contributed by atoms with van der Waals surface area (Å²) in [4.78, 5) is 40.8. The SMILES string of the molecule is COCc1ncc(CN2CCC3(CC2)CN(CCC(=O)O)CCO3)cn1.O=CO.O=CO. The molecule has 1 aromatic rings. The highest BCUT2D eigenvalue weighted by molar-refractivity contribution is 5.66. The first kappa shape index (κ1) is 27.4. The molecule has 3 rings (SSSR count). The van der Waals surface area contributed by atoms with Gasteiger partial charge in [-0.3, -0.25) is 24.2 Å². The Morgan fingerprint density at radius 2 is 1.75 bits per heavy atom. The Kier molecular flexibility index (Phi) is 13.0. The van der Waals surface area contributed by atoms with Gasteiger partial charge in [0.25, 0.3) is 12.9 Å². The second-order valence-corrected chi connectivity index (χ2v) is 7.38. The summed E-state index contributed by atoms with van der Waals surface area (Å²) in [5, 5.41) is 22.7. The number of nitrogens with zero attached hydrogens (tertiary/aromatic N) is 4. The largest absolute Gasteiger partial charge is 0.483 e. The van der Waals surface area contributed by atoms with E-state index in [9.17, 15) is 4.79 Å². The van der Waals surface area contributed by atoms with Crippen molar-refractivity contribution in [3.8, 4) is 0 Å². The zero-order valence-electron chi connectivity index (χ0n) is 18.3. The minimum absolute atomic E-state index is 0.119. The van der Waals surface area contributed by atoms with Crippen LogP contribution in [0.2, 0.25) is 0 Å². The molecule has 2 fully saturated rings. The number of piperidine rings is 1. The summed E-state index contributed by atoms with van der Waals surface area (Å²) >= 11 is 0. The van der Waals surface area contributed by atoms with Crippen LogP contribution in [-0.4, -0.2) is 106 Å². The molecule has 0 atom stereocenters. The molecule has 3 heterocycles. The summed E-state index contributed by atoms with van der Waals surface area (Å²) < 4.78 is 11.2. The molecule has 1 spiro atoms. The minimum atomic E-state index is -0.737. The highest BCUT2D eigenvalue weighted by Crippen LogP contribution is 2.30. The van der Waals surface area contributed by atoms with Gasteiger partial charge in [0.15, 0.2) is 5.82 Å². The van der Waals surface area contributed by atoms with Crippen LogP contribution in [0.4, 0.5) is 0 Å². The number of morpholine rings is 1. The van der Waals surface area contributed by atoms with Gasteiger partial charge in [-0.25, -0.2) is 9.97 Å². The van der Waals surface area contributed by atoms with Gasteiger partial charge in [0, 0.05) is 64.3 Å². The highest BCUT2D eigenvalue weighted by atomic mass is 16.5. The molecular formula is C20H32N4O8. The van der Waals surface area contributed by atoms with Crippen molar-refractivity contribution in [3.05, 3.63) is 23.8 Å². The third-order valence-electron chi connectivity index (χ3n) is 5.18. The predicted octanol–water partition coefficient (Wildman–Crippen LogP) is 0.166. The van der Waals surface area contributed by atoms with E-state index in [4.69, 9.17) is 34.4 Å². The molecule has 0 bridgehead atoms. The van der Waals surface area contributed by atoms with Gasteiger partial charge < -0.3 is 24.8 Å². The molecule has 0 saturated carbocycles. The summed E-state index contributed by atoms with van der Waals surface area (Å²) in [5.41, 5.74) is 0.986. The summed E-state index contributed by atoms with van der Waals surface area (Å²) in [7, 11) is 1.64. The molecule has 32 heavy (non-hydrogen) atoms. The summed E-state index contributed by atoms with van der Waals surface area (Å²) in [6.07, 6.45) is 5.88. The maximum absolute atomic E-state index is 10.8. The van der Waals surface area contributed by atoms with Crippen LogP contribution in [0.3, 0.4) is 0 Å². The Bertz CT molecular complexity index is 675. The lowest BCUT2D eigenvalue weighted by molar-refractivity contribution is -0.144. The molecular weight excluding hydrogens is 424 g/mol. The number of aromatic nitrogens is 2. The number of likely N-dealkylation sites (tertiary alicyclic amines) is 1. The molecule has 12 nitrogen and oxygen atoms in total. The Labute approximate surface area is 186 Å². The van der Waals surface area contributed by atoms with Crippen LogP contribution in [-0.2, 0) is 37.0 Å². The van der Waals surface area contributed by atoms with Gasteiger partial charge in [-0.15, -0.1) is 0 Å². The van der Waals surface area contributed by atoms with Crippen molar-refractivity contribution in [1.82, 2.24) is 19.8 Å². The monoisotopic (exact) mass is 456 g/mol. The van der Waals surface area contributed by atoms with E-state index in [0.29, 0.717) is 25.6 Å². The Morgan fingerprint density at radius 3 is 2.28 bits per heavy atom. The quantitative estimate of drug-likeness (QED) is 0.477. The second-order valence-electron chi connectivity index (χ2n) is 7.38. The minimum Gasteiger partial charge on any atom is -0.483 e. The van der Waals surface area contributed by atoms with Crippen LogP contribution < -0.4 is 0 Å². The van der Waals surface area contributed by atoms with Crippen molar-refractivity contribution in [2.24, 2.45) is 0 Å². The van der Waals surface area contributed by atoms with Gasteiger partial charge >= 0.3 is 5.97 Å². The van der Waals surface area contributed by atoms with Gasteiger partial charge in [0.1, 0.15) is 6.61 Å². The molecule has 3 N–H and O–H groups in total. The van der Waals surface area contributed by atoms with Crippen molar-refractivity contribution in [2.45, 2.75) is 38.0 Å². The summed E-state index contributed by atoms with van der Waals surface area (Å²) in [6.45, 7) is 5.66. The van der Waals surface area contributed by atoms with E-state index in [1.54, 1.807) is 7.11 Å². The van der Waals surface area contributed by atoms with Crippen LogP contribution in [0.25, 0.3) is 0 Å². The molecule has 0 aromatic carbocycles. The lowest BCUT2D eigenvalue weighted by Gasteiger charge is -2.47. The smallest absolute Gasteiger partial charge is 0.304 e. The van der Waals surface area contributed by atoms with Crippen LogP contribution in [0.1, 0.15) is 30.7 Å². The first-order chi connectivity index (χ1) is 15.4. The van der Waals surface area contributed by atoms with Crippen molar-refractivity contribution < 1.29 is 39.2 Å². The fourth-order valence-corrected chi connectivity index (χ4v) is 3.71. The van der Waals surface area contributed by atoms with Gasteiger partial charge in [0.2, 0.25) is 0 Å². The Morgan fingerprint density at radius 1 is 1.16 bits per heavy atom. The van der Waals surface area contributed by atoms with Crippen LogP contribution in [0, 0.1) is 0 Å². The number of aliphatic carboxylic acids is 1. The lowest BCUT2D eigenvalue weighted by Crippen LogP contribution is -2.56.